The minimum Gasteiger partial charge on any atom is -0.379 e. The molecule has 3 heterocycles. The first-order chi connectivity index (χ1) is 14.6. The number of nitrogens with one attached hydrogen (secondary N) is 1. The summed E-state index contributed by atoms with van der Waals surface area (Å²) in [7, 11) is 0. The molecule has 0 bridgehead atoms. The Bertz CT molecular complexity index is 1080. The summed E-state index contributed by atoms with van der Waals surface area (Å²) < 4.78 is 5.37. The monoisotopic (exact) mass is 420 g/mol. The lowest BCUT2D eigenvalue weighted by atomic mass is 10.1. The molecule has 0 aliphatic carbocycles. The summed E-state index contributed by atoms with van der Waals surface area (Å²) in [5.74, 6) is 0.784. The zero-order valence-electron chi connectivity index (χ0n) is 16.2. The van der Waals surface area contributed by atoms with Crippen LogP contribution in [0.5, 0.6) is 0 Å². The number of amides is 1. The molecule has 0 saturated carbocycles. The Hall–Kier alpha value is -3.32. The summed E-state index contributed by atoms with van der Waals surface area (Å²) in [6.07, 6.45) is 1.70. The number of rotatable bonds is 6. The van der Waals surface area contributed by atoms with Gasteiger partial charge in [-0.15, -0.1) is 11.3 Å². The van der Waals surface area contributed by atoms with E-state index < -0.39 is 5.91 Å². The number of nitriles is 1. The SMILES string of the molecule is N#Cc1ccc(-c2cc(C(N)=O)c(Nc3ccnc(CN4CCOCC4)n3)s2)cc1. The van der Waals surface area contributed by atoms with E-state index in [9.17, 15) is 4.79 Å². The zero-order chi connectivity index (χ0) is 20.9. The molecule has 1 aromatic carbocycles. The molecular formula is C21H20N6O2S. The van der Waals surface area contributed by atoms with Crippen LogP contribution < -0.4 is 11.1 Å². The number of hydrogen-bond donors (Lipinski definition) is 2. The molecule has 30 heavy (non-hydrogen) atoms. The van der Waals surface area contributed by atoms with Crippen LogP contribution in [0.1, 0.15) is 21.7 Å². The molecule has 1 fully saturated rings. The third kappa shape index (κ3) is 4.63. The fourth-order valence-electron chi connectivity index (χ4n) is 3.14. The van der Waals surface area contributed by atoms with E-state index in [0.717, 1.165) is 23.5 Å². The number of anilines is 2. The van der Waals surface area contributed by atoms with Crippen LogP contribution in [0.2, 0.25) is 0 Å². The highest BCUT2D eigenvalue weighted by atomic mass is 32.1. The molecule has 0 radical (unpaired) electrons. The lowest BCUT2D eigenvalue weighted by Gasteiger charge is -2.25. The molecule has 1 amide bonds. The number of nitrogens with zero attached hydrogens (tertiary/aromatic N) is 4. The van der Waals surface area contributed by atoms with Gasteiger partial charge in [-0.05, 0) is 29.8 Å². The molecule has 0 spiro atoms. The molecule has 3 aromatic rings. The van der Waals surface area contributed by atoms with Crippen LogP contribution in [-0.2, 0) is 11.3 Å². The van der Waals surface area contributed by atoms with Crippen molar-refractivity contribution in [3.05, 3.63) is 59.5 Å². The van der Waals surface area contributed by atoms with Gasteiger partial charge < -0.3 is 15.8 Å². The third-order valence-electron chi connectivity index (χ3n) is 4.71. The van der Waals surface area contributed by atoms with Crippen LogP contribution in [0.4, 0.5) is 10.8 Å². The second-order valence-electron chi connectivity index (χ2n) is 6.78. The maximum atomic E-state index is 12.0. The minimum atomic E-state index is -0.517. The van der Waals surface area contributed by atoms with Crippen molar-refractivity contribution in [3.8, 4) is 16.5 Å². The maximum absolute atomic E-state index is 12.0. The van der Waals surface area contributed by atoms with Crippen molar-refractivity contribution in [2.24, 2.45) is 5.73 Å². The molecule has 8 nitrogen and oxygen atoms in total. The Morgan fingerprint density at radius 1 is 1.27 bits per heavy atom. The highest BCUT2D eigenvalue weighted by Gasteiger charge is 2.17. The van der Waals surface area contributed by atoms with Gasteiger partial charge in [0.05, 0.1) is 37.0 Å². The van der Waals surface area contributed by atoms with Crippen LogP contribution in [0, 0.1) is 11.3 Å². The zero-order valence-corrected chi connectivity index (χ0v) is 17.0. The van der Waals surface area contributed by atoms with E-state index in [1.807, 2.05) is 12.1 Å². The topological polar surface area (TPSA) is 117 Å². The Kier molecular flexibility index (Phi) is 5.99. The largest absolute Gasteiger partial charge is 0.379 e. The van der Waals surface area contributed by atoms with E-state index in [1.54, 1.807) is 30.5 Å². The number of hydrogen-bond acceptors (Lipinski definition) is 8. The van der Waals surface area contributed by atoms with Gasteiger partial charge in [-0.3, -0.25) is 9.69 Å². The van der Waals surface area contributed by atoms with E-state index in [-0.39, 0.29) is 0 Å². The van der Waals surface area contributed by atoms with Gasteiger partial charge in [0.1, 0.15) is 16.6 Å². The lowest BCUT2D eigenvalue weighted by Crippen LogP contribution is -2.36. The Morgan fingerprint density at radius 2 is 2.03 bits per heavy atom. The van der Waals surface area contributed by atoms with E-state index >= 15 is 0 Å². The molecule has 3 N–H and O–H groups in total. The number of benzene rings is 1. The summed E-state index contributed by atoms with van der Waals surface area (Å²) in [5.41, 5.74) is 7.48. The van der Waals surface area contributed by atoms with E-state index in [2.05, 4.69) is 26.3 Å². The van der Waals surface area contributed by atoms with Crippen LogP contribution in [-0.4, -0.2) is 47.1 Å². The lowest BCUT2D eigenvalue weighted by molar-refractivity contribution is 0.0331. The predicted octanol–water partition coefficient (Wildman–Crippen LogP) is 2.75. The average molecular weight is 420 g/mol. The van der Waals surface area contributed by atoms with E-state index in [0.29, 0.717) is 47.5 Å². The molecule has 152 valence electrons. The number of ether oxygens (including phenoxy) is 1. The molecule has 1 aliphatic heterocycles. The van der Waals surface area contributed by atoms with Gasteiger partial charge in [0.2, 0.25) is 0 Å². The van der Waals surface area contributed by atoms with Crippen molar-refractivity contribution < 1.29 is 9.53 Å². The summed E-state index contributed by atoms with van der Waals surface area (Å²) in [4.78, 5) is 24.0. The first kappa shape index (κ1) is 20.0. The van der Waals surface area contributed by atoms with Crippen LogP contribution in [0.25, 0.3) is 10.4 Å². The van der Waals surface area contributed by atoms with Crippen LogP contribution in [0.15, 0.2) is 42.6 Å². The predicted molar refractivity (Wildman–Crippen MR) is 114 cm³/mol. The number of primary amides is 1. The molecule has 4 rings (SSSR count). The molecule has 0 unspecified atom stereocenters. The van der Waals surface area contributed by atoms with Crippen molar-refractivity contribution in [2.75, 3.05) is 31.6 Å². The smallest absolute Gasteiger partial charge is 0.251 e. The Balaban J connectivity index is 1.56. The highest BCUT2D eigenvalue weighted by Crippen LogP contribution is 2.36. The quantitative estimate of drug-likeness (QED) is 0.630. The van der Waals surface area contributed by atoms with Gasteiger partial charge >= 0.3 is 0 Å². The Labute approximate surface area is 177 Å². The second kappa shape index (κ2) is 9.00. The first-order valence-corrected chi connectivity index (χ1v) is 10.3. The fraction of sp³-hybridized carbons (Fsp3) is 0.238. The molecule has 2 aromatic heterocycles. The van der Waals surface area contributed by atoms with Gasteiger partial charge in [-0.25, -0.2) is 9.97 Å². The van der Waals surface area contributed by atoms with Crippen LogP contribution in [0.3, 0.4) is 0 Å². The van der Waals surface area contributed by atoms with Crippen LogP contribution >= 0.6 is 11.3 Å². The summed E-state index contributed by atoms with van der Waals surface area (Å²) in [6, 6.07) is 12.8. The first-order valence-electron chi connectivity index (χ1n) is 9.45. The molecular weight excluding hydrogens is 400 g/mol. The number of carbonyl (C=O) groups excluding carboxylic acids is 1. The number of aromatic nitrogens is 2. The molecule has 1 aliphatic rings. The maximum Gasteiger partial charge on any atom is 0.251 e. The second-order valence-corrected chi connectivity index (χ2v) is 7.83. The van der Waals surface area contributed by atoms with Gasteiger partial charge in [0, 0.05) is 24.2 Å². The molecule has 9 heteroatoms. The van der Waals surface area contributed by atoms with Gasteiger partial charge in [0.25, 0.3) is 5.91 Å². The summed E-state index contributed by atoms with van der Waals surface area (Å²) >= 11 is 1.41. The van der Waals surface area contributed by atoms with E-state index in [4.69, 9.17) is 15.7 Å². The summed E-state index contributed by atoms with van der Waals surface area (Å²) in [6.45, 7) is 3.78. The minimum absolute atomic E-state index is 0.396. The standard InChI is InChI=1S/C21H20N6O2S/c22-12-14-1-3-15(4-2-14)17-11-16(20(23)28)21(30-17)26-18-5-6-24-19(25-18)13-27-7-9-29-10-8-27/h1-6,11H,7-10,13H2,(H2,23,28)(H,24,25,26). The van der Waals surface area contributed by atoms with Crippen molar-refractivity contribution in [2.45, 2.75) is 6.54 Å². The van der Waals surface area contributed by atoms with E-state index in [1.165, 1.54) is 11.3 Å². The van der Waals surface area contributed by atoms with Crippen molar-refractivity contribution in [1.82, 2.24) is 14.9 Å². The number of carbonyl (C=O) groups is 1. The van der Waals surface area contributed by atoms with Gasteiger partial charge in [-0.1, -0.05) is 12.1 Å². The Morgan fingerprint density at radius 3 is 2.73 bits per heavy atom. The fourth-order valence-corrected chi connectivity index (χ4v) is 4.21. The normalized spacial score (nSPS) is 14.2. The molecule has 0 atom stereocenters. The average Bonchev–Trinajstić information content (AvgIpc) is 3.19. The number of nitrogens with two attached hydrogens (primary N) is 1. The number of thiophene rings is 1. The highest BCUT2D eigenvalue weighted by molar-refractivity contribution is 7.19. The third-order valence-corrected chi connectivity index (χ3v) is 5.81. The van der Waals surface area contributed by atoms with Gasteiger partial charge in [0.15, 0.2) is 0 Å². The van der Waals surface area contributed by atoms with Crippen molar-refractivity contribution >= 4 is 28.1 Å². The molecule has 1 saturated heterocycles. The van der Waals surface area contributed by atoms with Crippen molar-refractivity contribution in [1.29, 1.82) is 5.26 Å². The van der Waals surface area contributed by atoms with Gasteiger partial charge in [-0.2, -0.15) is 5.26 Å². The van der Waals surface area contributed by atoms with Crippen molar-refractivity contribution in [3.63, 3.8) is 0 Å². The number of morpholine rings is 1. The summed E-state index contributed by atoms with van der Waals surface area (Å²) in [5, 5.41) is 12.8.